The summed E-state index contributed by atoms with van der Waals surface area (Å²) in [4.78, 5) is 2.13. The first-order chi connectivity index (χ1) is 10.3. The van der Waals surface area contributed by atoms with E-state index in [0.717, 1.165) is 37.0 Å². The summed E-state index contributed by atoms with van der Waals surface area (Å²) in [5, 5.41) is 13.2. The molecule has 0 aromatic carbocycles. The molecule has 2 aliphatic carbocycles. The fraction of sp³-hybridized carbons (Fsp3) is 0.750. The number of nitrogens with zero attached hydrogens (tertiary/aromatic N) is 2. The van der Waals surface area contributed by atoms with Gasteiger partial charge < -0.3 is 15.0 Å². The SMILES string of the molecule is N#CCCN(C[C@@H]1CCCO1)C(=S)N[C@@H]1C[C@@H]2C=C[C@@H]1C2. The number of ether oxygens (including phenoxy) is 1. The Bertz CT molecular complexity index is 453. The van der Waals surface area contributed by atoms with Crippen molar-refractivity contribution in [2.75, 3.05) is 19.7 Å². The van der Waals surface area contributed by atoms with E-state index in [1.807, 2.05) is 0 Å². The van der Waals surface area contributed by atoms with Crippen molar-refractivity contribution in [1.29, 1.82) is 5.26 Å². The highest BCUT2D eigenvalue weighted by atomic mass is 32.1. The third-order valence-corrected chi connectivity index (χ3v) is 5.19. The monoisotopic (exact) mass is 305 g/mol. The minimum atomic E-state index is 0.267. The lowest BCUT2D eigenvalue weighted by Gasteiger charge is -2.31. The first-order valence-corrected chi connectivity index (χ1v) is 8.39. The molecule has 3 rings (SSSR count). The number of nitriles is 1. The van der Waals surface area contributed by atoms with E-state index in [9.17, 15) is 0 Å². The molecule has 0 amide bonds. The lowest BCUT2D eigenvalue weighted by molar-refractivity contribution is 0.0912. The van der Waals surface area contributed by atoms with Crippen LogP contribution in [0.2, 0.25) is 0 Å². The zero-order valence-corrected chi connectivity index (χ0v) is 13.1. The van der Waals surface area contributed by atoms with Gasteiger partial charge in [0.15, 0.2) is 5.11 Å². The van der Waals surface area contributed by atoms with Gasteiger partial charge in [-0.3, -0.25) is 0 Å². The second kappa shape index (κ2) is 6.76. The van der Waals surface area contributed by atoms with E-state index in [2.05, 4.69) is 28.4 Å². The number of hydrogen-bond acceptors (Lipinski definition) is 3. The van der Waals surface area contributed by atoms with Crippen LogP contribution in [0.15, 0.2) is 12.2 Å². The molecule has 0 unspecified atom stereocenters. The fourth-order valence-corrected chi connectivity index (χ4v) is 4.01. The van der Waals surface area contributed by atoms with Crippen LogP contribution in [0.4, 0.5) is 0 Å². The lowest BCUT2D eigenvalue weighted by Crippen LogP contribution is -2.48. The summed E-state index contributed by atoms with van der Waals surface area (Å²) < 4.78 is 5.71. The molecule has 2 fully saturated rings. The molecule has 1 heterocycles. The second-order valence-electron chi connectivity index (χ2n) is 6.33. The Morgan fingerprint density at radius 1 is 1.43 bits per heavy atom. The van der Waals surface area contributed by atoms with Crippen molar-refractivity contribution in [1.82, 2.24) is 10.2 Å². The highest BCUT2D eigenvalue weighted by Gasteiger charge is 2.36. The van der Waals surface area contributed by atoms with Crippen molar-refractivity contribution in [3.63, 3.8) is 0 Å². The predicted octanol–water partition coefficient (Wildman–Crippen LogP) is 2.22. The normalized spacial score (nSPS) is 33.1. The zero-order valence-electron chi connectivity index (χ0n) is 12.3. The van der Waals surface area contributed by atoms with E-state index in [0.29, 0.717) is 24.9 Å². The molecule has 1 aliphatic heterocycles. The van der Waals surface area contributed by atoms with Gasteiger partial charge in [0.25, 0.3) is 0 Å². The highest BCUT2D eigenvalue weighted by Crippen LogP contribution is 2.39. The van der Waals surface area contributed by atoms with Crippen LogP contribution >= 0.6 is 12.2 Å². The molecule has 3 aliphatic rings. The van der Waals surface area contributed by atoms with E-state index in [1.165, 1.54) is 12.8 Å². The van der Waals surface area contributed by atoms with E-state index in [-0.39, 0.29) is 6.10 Å². The van der Waals surface area contributed by atoms with Gasteiger partial charge in [-0.05, 0) is 49.7 Å². The van der Waals surface area contributed by atoms with Gasteiger partial charge in [0.1, 0.15) is 0 Å². The number of hydrogen-bond donors (Lipinski definition) is 1. The Balaban J connectivity index is 1.54. The molecule has 0 aromatic heterocycles. The highest BCUT2D eigenvalue weighted by molar-refractivity contribution is 7.80. The number of rotatable bonds is 5. The van der Waals surface area contributed by atoms with Gasteiger partial charge in [-0.1, -0.05) is 12.2 Å². The number of nitrogens with one attached hydrogen (secondary N) is 1. The Kier molecular flexibility index (Phi) is 4.77. The standard InChI is InChI=1S/C16H23N3OS/c17-6-2-7-19(11-14-3-1-8-20-14)16(21)18-15-10-12-4-5-13(15)9-12/h4-5,12-15H,1-3,7-11H2,(H,18,21)/t12-,13-,14+,15-/m1/s1. The van der Waals surface area contributed by atoms with E-state index < -0.39 is 0 Å². The molecule has 4 atom stereocenters. The quantitative estimate of drug-likeness (QED) is 0.623. The van der Waals surface area contributed by atoms with Crippen LogP contribution < -0.4 is 5.32 Å². The van der Waals surface area contributed by atoms with E-state index in [4.69, 9.17) is 22.2 Å². The largest absolute Gasteiger partial charge is 0.376 e. The topological polar surface area (TPSA) is 48.3 Å². The maximum absolute atomic E-state index is 8.85. The first-order valence-electron chi connectivity index (χ1n) is 7.98. The minimum absolute atomic E-state index is 0.267. The summed E-state index contributed by atoms with van der Waals surface area (Å²) in [6.45, 7) is 2.36. The maximum Gasteiger partial charge on any atom is 0.169 e. The van der Waals surface area contributed by atoms with Crippen molar-refractivity contribution in [2.45, 2.75) is 44.2 Å². The van der Waals surface area contributed by atoms with Crippen molar-refractivity contribution < 1.29 is 4.74 Å². The molecule has 1 saturated heterocycles. The average molecular weight is 305 g/mol. The summed E-state index contributed by atoms with van der Waals surface area (Å²) in [5.41, 5.74) is 0. The van der Waals surface area contributed by atoms with Gasteiger partial charge in [-0.2, -0.15) is 5.26 Å². The fourth-order valence-electron chi connectivity index (χ4n) is 3.69. The molecular weight excluding hydrogens is 282 g/mol. The van der Waals surface area contributed by atoms with Crippen LogP contribution in [0.25, 0.3) is 0 Å². The smallest absolute Gasteiger partial charge is 0.169 e. The van der Waals surface area contributed by atoms with Crippen molar-refractivity contribution in [3.8, 4) is 6.07 Å². The Labute approximate surface area is 132 Å². The van der Waals surface area contributed by atoms with Gasteiger partial charge in [0.05, 0.1) is 18.6 Å². The van der Waals surface area contributed by atoms with Gasteiger partial charge in [0.2, 0.25) is 0 Å². The Morgan fingerprint density at radius 2 is 2.33 bits per heavy atom. The number of thiocarbonyl (C=S) groups is 1. The van der Waals surface area contributed by atoms with Gasteiger partial charge in [-0.15, -0.1) is 0 Å². The summed E-state index contributed by atoms with van der Waals surface area (Å²) in [5.74, 6) is 1.37. The molecule has 0 aromatic rings. The maximum atomic E-state index is 8.85. The van der Waals surface area contributed by atoms with Crippen LogP contribution in [0, 0.1) is 23.2 Å². The third-order valence-electron chi connectivity index (χ3n) is 4.82. The summed E-state index contributed by atoms with van der Waals surface area (Å²) in [6, 6.07) is 2.69. The predicted molar refractivity (Wildman–Crippen MR) is 85.7 cm³/mol. The Hall–Kier alpha value is -1.12. The summed E-state index contributed by atoms with van der Waals surface area (Å²) in [7, 11) is 0. The average Bonchev–Trinajstić information content (AvgIpc) is 3.20. The molecule has 0 spiro atoms. The molecule has 0 radical (unpaired) electrons. The molecule has 5 heteroatoms. The Morgan fingerprint density at radius 3 is 2.95 bits per heavy atom. The molecule has 1 saturated carbocycles. The zero-order chi connectivity index (χ0) is 14.7. The minimum Gasteiger partial charge on any atom is -0.376 e. The summed E-state index contributed by atoms with van der Waals surface area (Å²) >= 11 is 5.60. The van der Waals surface area contributed by atoms with Crippen molar-refractivity contribution in [2.24, 2.45) is 11.8 Å². The molecule has 4 nitrogen and oxygen atoms in total. The van der Waals surface area contributed by atoms with E-state index in [1.54, 1.807) is 0 Å². The third kappa shape index (κ3) is 3.56. The molecule has 2 bridgehead atoms. The van der Waals surface area contributed by atoms with Crippen molar-refractivity contribution in [3.05, 3.63) is 12.2 Å². The molecule has 21 heavy (non-hydrogen) atoms. The molecule has 114 valence electrons. The van der Waals surface area contributed by atoms with Crippen LogP contribution in [0.3, 0.4) is 0 Å². The van der Waals surface area contributed by atoms with Crippen LogP contribution in [0.1, 0.15) is 32.1 Å². The van der Waals surface area contributed by atoms with Gasteiger partial charge >= 0.3 is 0 Å². The second-order valence-corrected chi connectivity index (χ2v) is 6.71. The van der Waals surface area contributed by atoms with Crippen LogP contribution in [-0.2, 0) is 4.74 Å². The summed E-state index contributed by atoms with van der Waals surface area (Å²) in [6.07, 6.45) is 10.1. The number of allylic oxidation sites excluding steroid dienone is 1. The lowest BCUT2D eigenvalue weighted by atomic mass is 10.0. The molecule has 1 N–H and O–H groups in total. The number of fused-ring (bicyclic) bond motifs is 2. The van der Waals surface area contributed by atoms with Crippen LogP contribution in [-0.4, -0.2) is 41.9 Å². The van der Waals surface area contributed by atoms with Crippen LogP contribution in [0.5, 0.6) is 0 Å². The first kappa shape index (κ1) is 14.8. The van der Waals surface area contributed by atoms with Crippen molar-refractivity contribution >= 4 is 17.3 Å². The van der Waals surface area contributed by atoms with E-state index >= 15 is 0 Å². The van der Waals surface area contributed by atoms with Gasteiger partial charge in [0, 0.05) is 25.7 Å². The molecular formula is C16H23N3OS. The van der Waals surface area contributed by atoms with Gasteiger partial charge in [-0.25, -0.2) is 0 Å².